The number of nitrogen functional groups attached to an aromatic ring is 1. The number of hydrogen-bond donors (Lipinski definition) is 1. The number of anilines is 1. The van der Waals surface area contributed by atoms with E-state index >= 15 is 0 Å². The van der Waals surface area contributed by atoms with Gasteiger partial charge in [-0.2, -0.15) is 4.31 Å². The van der Waals surface area contributed by atoms with Crippen molar-refractivity contribution in [3.8, 4) is 0 Å². The molecule has 0 radical (unpaired) electrons. The van der Waals surface area contributed by atoms with Crippen molar-refractivity contribution in [1.29, 1.82) is 0 Å². The summed E-state index contributed by atoms with van der Waals surface area (Å²) in [5.41, 5.74) is 5.23. The molecule has 1 fully saturated rings. The predicted octanol–water partition coefficient (Wildman–Crippen LogP) is 3.00. The first-order valence-electron chi connectivity index (χ1n) is 5.75. The van der Waals surface area contributed by atoms with Crippen LogP contribution in [0.3, 0.4) is 0 Å². The molecule has 2 N–H and O–H groups in total. The Morgan fingerprint density at radius 2 is 2.16 bits per heavy atom. The molecule has 2 rings (SSSR count). The summed E-state index contributed by atoms with van der Waals surface area (Å²) < 4.78 is 40.4. The Balaban J connectivity index is 2.57. The Morgan fingerprint density at radius 1 is 1.58 bits per heavy atom. The SMILES string of the molecule is CCN(C1CC1)S(=O)(=O)c1cc(Cl)c(Br)c(N)c1F. The van der Waals surface area contributed by atoms with Gasteiger partial charge in [0.2, 0.25) is 10.0 Å². The normalized spacial score (nSPS) is 16.1. The maximum atomic E-state index is 14.1. The van der Waals surface area contributed by atoms with Crippen molar-refractivity contribution in [3.63, 3.8) is 0 Å². The summed E-state index contributed by atoms with van der Waals surface area (Å²) >= 11 is 8.88. The smallest absolute Gasteiger partial charge is 0.246 e. The standard InChI is InChI=1S/C11H13BrClFN2O2S/c1-2-16(6-3-4-6)19(17,18)8-5-7(13)9(12)11(15)10(8)14/h5-6H,2-4,15H2,1H3. The van der Waals surface area contributed by atoms with Crippen LogP contribution in [0.1, 0.15) is 19.8 Å². The minimum absolute atomic E-state index is 0.0435. The van der Waals surface area contributed by atoms with Crippen molar-refractivity contribution in [2.24, 2.45) is 0 Å². The molecule has 0 amide bonds. The first-order valence-corrected chi connectivity index (χ1v) is 8.36. The molecule has 1 saturated carbocycles. The predicted molar refractivity (Wildman–Crippen MR) is 76.1 cm³/mol. The Kier molecular flexibility index (Phi) is 4.11. The zero-order valence-electron chi connectivity index (χ0n) is 10.2. The lowest BCUT2D eigenvalue weighted by molar-refractivity contribution is 0.417. The lowest BCUT2D eigenvalue weighted by Crippen LogP contribution is -2.33. The van der Waals surface area contributed by atoms with Crippen molar-refractivity contribution in [2.45, 2.75) is 30.7 Å². The van der Waals surface area contributed by atoms with Gasteiger partial charge in [0.15, 0.2) is 5.82 Å². The molecule has 0 aromatic heterocycles. The molecule has 0 aliphatic heterocycles. The Hall–Kier alpha value is -0.370. The Bertz CT molecular complexity index is 620. The molecule has 106 valence electrons. The lowest BCUT2D eigenvalue weighted by Gasteiger charge is -2.21. The Labute approximate surface area is 124 Å². The highest BCUT2D eigenvalue weighted by Gasteiger charge is 2.38. The van der Waals surface area contributed by atoms with Crippen molar-refractivity contribution in [1.82, 2.24) is 4.31 Å². The number of nitrogens with two attached hydrogens (primary N) is 1. The maximum Gasteiger partial charge on any atom is 0.246 e. The summed E-state index contributed by atoms with van der Waals surface area (Å²) in [6.07, 6.45) is 1.60. The fraction of sp³-hybridized carbons (Fsp3) is 0.455. The van der Waals surface area contributed by atoms with Crippen LogP contribution in [0, 0.1) is 5.82 Å². The second-order valence-corrected chi connectivity index (χ2v) is 7.40. The van der Waals surface area contributed by atoms with E-state index in [0.717, 1.165) is 18.9 Å². The molecule has 19 heavy (non-hydrogen) atoms. The van der Waals surface area contributed by atoms with Crippen LogP contribution in [-0.2, 0) is 10.0 Å². The number of nitrogens with zero attached hydrogens (tertiary/aromatic N) is 1. The van der Waals surface area contributed by atoms with Gasteiger partial charge in [0, 0.05) is 12.6 Å². The van der Waals surface area contributed by atoms with E-state index in [1.807, 2.05) is 0 Å². The van der Waals surface area contributed by atoms with Crippen molar-refractivity contribution < 1.29 is 12.8 Å². The van der Waals surface area contributed by atoms with Gasteiger partial charge in [-0.15, -0.1) is 0 Å². The van der Waals surface area contributed by atoms with Gasteiger partial charge in [0.05, 0.1) is 15.2 Å². The van der Waals surface area contributed by atoms with Gasteiger partial charge in [-0.25, -0.2) is 12.8 Å². The second kappa shape index (κ2) is 5.20. The summed E-state index contributed by atoms with van der Waals surface area (Å²) in [5.74, 6) is -0.963. The Morgan fingerprint density at radius 3 is 2.63 bits per heavy atom. The first-order chi connectivity index (χ1) is 8.80. The quantitative estimate of drug-likeness (QED) is 0.654. The zero-order valence-corrected chi connectivity index (χ0v) is 13.3. The van der Waals surface area contributed by atoms with E-state index in [2.05, 4.69) is 15.9 Å². The molecule has 0 bridgehead atoms. The number of sulfonamides is 1. The molecule has 0 atom stereocenters. The molecule has 1 aromatic rings. The average Bonchev–Trinajstić information content (AvgIpc) is 3.16. The third kappa shape index (κ3) is 2.61. The van der Waals surface area contributed by atoms with Crippen molar-refractivity contribution in [2.75, 3.05) is 12.3 Å². The number of rotatable bonds is 4. The molecule has 0 heterocycles. The summed E-state index contributed by atoms with van der Waals surface area (Å²) in [5, 5.41) is 0.0734. The van der Waals surface area contributed by atoms with E-state index in [1.165, 1.54) is 4.31 Å². The van der Waals surface area contributed by atoms with E-state index in [-0.39, 0.29) is 21.2 Å². The highest BCUT2D eigenvalue weighted by molar-refractivity contribution is 9.10. The summed E-state index contributed by atoms with van der Waals surface area (Å²) in [6.45, 7) is 2.01. The van der Waals surface area contributed by atoms with Gasteiger partial charge >= 0.3 is 0 Å². The molecule has 4 nitrogen and oxygen atoms in total. The van der Waals surface area contributed by atoms with Crippen LogP contribution in [0.2, 0.25) is 5.02 Å². The molecular weight excluding hydrogens is 359 g/mol. The molecular formula is C11H13BrClFN2O2S. The molecule has 8 heteroatoms. The van der Waals surface area contributed by atoms with E-state index in [0.29, 0.717) is 6.54 Å². The topological polar surface area (TPSA) is 63.4 Å². The van der Waals surface area contributed by atoms with Crippen LogP contribution in [0.15, 0.2) is 15.4 Å². The van der Waals surface area contributed by atoms with Crippen molar-refractivity contribution in [3.05, 3.63) is 21.4 Å². The number of benzene rings is 1. The highest BCUT2D eigenvalue weighted by Crippen LogP contribution is 2.38. The average molecular weight is 372 g/mol. The maximum absolute atomic E-state index is 14.1. The van der Waals surface area contributed by atoms with Crippen LogP contribution in [0.4, 0.5) is 10.1 Å². The van der Waals surface area contributed by atoms with E-state index in [9.17, 15) is 12.8 Å². The monoisotopic (exact) mass is 370 g/mol. The minimum atomic E-state index is -3.91. The molecule has 0 saturated heterocycles. The largest absolute Gasteiger partial charge is 0.395 e. The molecule has 1 aromatic carbocycles. The molecule has 1 aliphatic rings. The van der Waals surface area contributed by atoms with Crippen LogP contribution < -0.4 is 5.73 Å². The fourth-order valence-corrected chi connectivity index (χ4v) is 4.26. The zero-order chi connectivity index (χ0) is 14.4. The van der Waals surface area contributed by atoms with Crippen molar-refractivity contribution >= 4 is 43.2 Å². The van der Waals surface area contributed by atoms with E-state index in [4.69, 9.17) is 17.3 Å². The van der Waals surface area contributed by atoms with Gasteiger partial charge in [0.25, 0.3) is 0 Å². The van der Waals surface area contributed by atoms with E-state index in [1.54, 1.807) is 6.92 Å². The minimum Gasteiger partial charge on any atom is -0.395 e. The lowest BCUT2D eigenvalue weighted by atomic mass is 10.3. The molecule has 1 aliphatic carbocycles. The van der Waals surface area contributed by atoms with Crippen LogP contribution in [0.5, 0.6) is 0 Å². The van der Waals surface area contributed by atoms with Gasteiger partial charge in [-0.05, 0) is 34.8 Å². The third-order valence-corrected chi connectivity index (χ3v) is 6.42. The van der Waals surface area contributed by atoms with Crippen LogP contribution >= 0.6 is 27.5 Å². The summed E-state index contributed by atoms with van der Waals surface area (Å²) in [7, 11) is -3.91. The number of halogens is 3. The third-order valence-electron chi connectivity index (χ3n) is 3.01. The fourth-order valence-electron chi connectivity index (χ4n) is 1.90. The highest BCUT2D eigenvalue weighted by atomic mass is 79.9. The van der Waals surface area contributed by atoms with E-state index < -0.39 is 20.7 Å². The van der Waals surface area contributed by atoms with Gasteiger partial charge < -0.3 is 5.73 Å². The summed E-state index contributed by atoms with van der Waals surface area (Å²) in [4.78, 5) is -0.466. The first kappa shape index (κ1) is 15.0. The second-order valence-electron chi connectivity index (χ2n) is 4.34. The van der Waals surface area contributed by atoms with Crippen LogP contribution in [0.25, 0.3) is 0 Å². The van der Waals surface area contributed by atoms with Gasteiger partial charge in [-0.3, -0.25) is 0 Å². The summed E-state index contributed by atoms with van der Waals surface area (Å²) in [6, 6.07) is 1.05. The van der Waals surface area contributed by atoms with Gasteiger partial charge in [-0.1, -0.05) is 18.5 Å². The van der Waals surface area contributed by atoms with Gasteiger partial charge in [0.1, 0.15) is 4.90 Å². The van der Waals surface area contributed by atoms with Crippen LogP contribution in [-0.4, -0.2) is 25.3 Å². The number of hydrogen-bond acceptors (Lipinski definition) is 3. The molecule has 0 unspecified atom stereocenters. The molecule has 0 spiro atoms.